The fourth-order valence-electron chi connectivity index (χ4n) is 2.91. The van der Waals surface area contributed by atoms with Crippen molar-refractivity contribution < 1.29 is 4.74 Å². The maximum atomic E-state index is 7.33. The lowest BCUT2D eigenvalue weighted by Gasteiger charge is -2.32. The van der Waals surface area contributed by atoms with Crippen LogP contribution in [0.4, 0.5) is 0 Å². The summed E-state index contributed by atoms with van der Waals surface area (Å²) in [5.74, 6) is 0. The van der Waals surface area contributed by atoms with Crippen LogP contribution in [0.25, 0.3) is 4.85 Å². The van der Waals surface area contributed by atoms with Gasteiger partial charge in [-0.2, -0.15) is 4.90 Å². The quantitative estimate of drug-likeness (QED) is 0.687. The Morgan fingerprint density at radius 2 is 2.06 bits per heavy atom. The highest BCUT2D eigenvalue weighted by atomic mass is 16.5. The average molecular weight is 228 g/mol. The summed E-state index contributed by atoms with van der Waals surface area (Å²) >= 11 is 0. The van der Waals surface area contributed by atoms with Gasteiger partial charge >= 0.3 is 0 Å². The van der Waals surface area contributed by atoms with Crippen molar-refractivity contribution in [3.8, 4) is 0 Å². The van der Waals surface area contributed by atoms with Crippen molar-refractivity contribution in [1.29, 1.82) is 0 Å². The molecular formula is C14H16N2O. The molecule has 1 aromatic rings. The smallest absolute Gasteiger partial charge is 0.282 e. The number of benzene rings is 1. The summed E-state index contributed by atoms with van der Waals surface area (Å²) in [6, 6.07) is 10.7. The number of piperidine rings is 1. The van der Waals surface area contributed by atoms with Crippen molar-refractivity contribution in [1.82, 2.24) is 4.90 Å². The molecule has 17 heavy (non-hydrogen) atoms. The molecule has 3 nitrogen and oxygen atoms in total. The molecule has 1 aromatic carbocycles. The molecule has 3 rings (SSSR count). The zero-order valence-corrected chi connectivity index (χ0v) is 9.75. The highest BCUT2D eigenvalue weighted by molar-refractivity contribution is 5.21. The molecule has 3 atom stereocenters. The molecule has 0 saturated carbocycles. The minimum Gasteiger partial charge on any atom is -0.361 e. The number of ether oxygens (including phenoxy) is 1. The third-order valence-electron chi connectivity index (χ3n) is 3.73. The van der Waals surface area contributed by atoms with Crippen molar-refractivity contribution >= 4 is 0 Å². The Morgan fingerprint density at radius 1 is 1.24 bits per heavy atom. The van der Waals surface area contributed by atoms with Gasteiger partial charge in [-0.25, -0.2) is 6.57 Å². The maximum absolute atomic E-state index is 7.33. The Morgan fingerprint density at radius 3 is 2.82 bits per heavy atom. The molecule has 2 fully saturated rings. The molecule has 2 saturated heterocycles. The zero-order valence-electron chi connectivity index (χ0n) is 9.75. The molecule has 0 N–H and O–H groups in total. The maximum Gasteiger partial charge on any atom is 0.282 e. The Hall–Kier alpha value is -1.37. The van der Waals surface area contributed by atoms with E-state index in [1.807, 2.05) is 6.07 Å². The molecule has 2 aliphatic heterocycles. The van der Waals surface area contributed by atoms with Crippen molar-refractivity contribution in [2.24, 2.45) is 0 Å². The Bertz CT molecular complexity index is 426. The molecule has 0 amide bonds. The molecule has 2 heterocycles. The molecule has 88 valence electrons. The van der Waals surface area contributed by atoms with E-state index in [0.717, 1.165) is 25.9 Å². The van der Waals surface area contributed by atoms with E-state index < -0.39 is 0 Å². The molecule has 0 bridgehead atoms. The van der Waals surface area contributed by atoms with Crippen molar-refractivity contribution in [2.45, 2.75) is 37.7 Å². The normalized spacial score (nSPS) is 33.0. The zero-order chi connectivity index (χ0) is 11.7. The Kier molecular flexibility index (Phi) is 2.84. The minimum absolute atomic E-state index is 0.00135. The molecule has 3 heteroatoms. The van der Waals surface area contributed by atoms with Gasteiger partial charge in [-0.3, -0.25) is 4.85 Å². The summed E-state index contributed by atoms with van der Waals surface area (Å²) in [6.07, 6.45) is 3.31. The van der Waals surface area contributed by atoms with Crippen LogP contribution in [-0.4, -0.2) is 23.9 Å². The minimum atomic E-state index is 0.00135. The van der Waals surface area contributed by atoms with Gasteiger partial charge in [0.25, 0.3) is 6.17 Å². The third-order valence-corrected chi connectivity index (χ3v) is 3.73. The van der Waals surface area contributed by atoms with Gasteiger partial charge in [-0.1, -0.05) is 30.3 Å². The number of rotatable bonds is 1. The van der Waals surface area contributed by atoms with Crippen LogP contribution in [0.3, 0.4) is 0 Å². The first-order chi connectivity index (χ1) is 8.40. The van der Waals surface area contributed by atoms with Crippen LogP contribution in [0.2, 0.25) is 0 Å². The predicted octanol–water partition coefficient (Wildman–Crippen LogP) is 2.82. The van der Waals surface area contributed by atoms with E-state index in [1.54, 1.807) is 0 Å². The monoisotopic (exact) mass is 228 g/mol. The summed E-state index contributed by atoms with van der Waals surface area (Å²) in [6.45, 7) is 8.05. The van der Waals surface area contributed by atoms with E-state index in [2.05, 4.69) is 34.0 Å². The third kappa shape index (κ3) is 1.84. The second-order valence-corrected chi connectivity index (χ2v) is 4.70. The van der Waals surface area contributed by atoms with Crippen LogP contribution >= 0.6 is 0 Å². The molecule has 0 spiro atoms. The van der Waals surface area contributed by atoms with Crippen LogP contribution in [0.1, 0.15) is 30.9 Å². The second kappa shape index (κ2) is 4.48. The van der Waals surface area contributed by atoms with Gasteiger partial charge in [0.1, 0.15) is 6.23 Å². The second-order valence-electron chi connectivity index (χ2n) is 4.70. The van der Waals surface area contributed by atoms with E-state index in [0.29, 0.717) is 0 Å². The number of nitrogens with zero attached hydrogens (tertiary/aromatic N) is 2. The first-order valence-corrected chi connectivity index (χ1v) is 6.20. The molecule has 0 aromatic heterocycles. The van der Waals surface area contributed by atoms with Gasteiger partial charge in [0.15, 0.2) is 0 Å². The van der Waals surface area contributed by atoms with E-state index in [4.69, 9.17) is 11.3 Å². The lowest BCUT2D eigenvalue weighted by Crippen LogP contribution is -2.42. The summed E-state index contributed by atoms with van der Waals surface area (Å²) in [5.41, 5.74) is 1.27. The molecule has 0 aliphatic carbocycles. The van der Waals surface area contributed by atoms with Gasteiger partial charge in [-0.05, 0) is 18.4 Å². The molecule has 0 unspecified atom stereocenters. The highest BCUT2D eigenvalue weighted by Gasteiger charge is 2.45. The van der Waals surface area contributed by atoms with Crippen molar-refractivity contribution in [3.05, 3.63) is 47.3 Å². The fraction of sp³-hybridized carbons (Fsp3) is 0.500. The topological polar surface area (TPSA) is 16.8 Å². The molecule has 2 aliphatic rings. The van der Waals surface area contributed by atoms with Crippen LogP contribution in [0, 0.1) is 6.57 Å². The first-order valence-electron chi connectivity index (χ1n) is 6.20. The number of fused-ring (bicyclic) bond motifs is 1. The van der Waals surface area contributed by atoms with Gasteiger partial charge in [-0.15, -0.1) is 0 Å². The van der Waals surface area contributed by atoms with Crippen LogP contribution in [0.15, 0.2) is 30.3 Å². The van der Waals surface area contributed by atoms with E-state index >= 15 is 0 Å². The first kappa shape index (κ1) is 10.8. The van der Waals surface area contributed by atoms with Crippen LogP contribution in [0.5, 0.6) is 0 Å². The van der Waals surface area contributed by atoms with E-state index in [-0.39, 0.29) is 18.4 Å². The standard InChI is InChI=1S/C14H16N2O/c1-15-13-8-5-9-14-16(13)12(10-17-14)11-6-3-2-4-7-11/h2-4,6-7,12-14H,5,8-10H2/t12-,13-,14+/m1/s1. The summed E-state index contributed by atoms with van der Waals surface area (Å²) in [7, 11) is 0. The Balaban J connectivity index is 1.89. The highest BCUT2D eigenvalue weighted by Crippen LogP contribution is 2.38. The number of hydrogen-bond acceptors (Lipinski definition) is 2. The van der Waals surface area contributed by atoms with Crippen molar-refractivity contribution in [3.63, 3.8) is 0 Å². The van der Waals surface area contributed by atoms with Crippen LogP contribution in [-0.2, 0) is 4.74 Å². The fourth-order valence-corrected chi connectivity index (χ4v) is 2.91. The van der Waals surface area contributed by atoms with Gasteiger partial charge in [0, 0.05) is 6.42 Å². The molecular weight excluding hydrogens is 212 g/mol. The predicted molar refractivity (Wildman–Crippen MR) is 65.0 cm³/mol. The SMILES string of the molecule is [C-]#[N+][C@H]1CCC[C@@H]2OC[C@H](c3ccccc3)N12. The van der Waals surface area contributed by atoms with Gasteiger partial charge in [0.2, 0.25) is 0 Å². The van der Waals surface area contributed by atoms with Crippen molar-refractivity contribution in [2.75, 3.05) is 6.61 Å². The Labute approximate surface area is 102 Å². The largest absolute Gasteiger partial charge is 0.361 e. The lowest BCUT2D eigenvalue weighted by atomic mass is 10.0. The summed E-state index contributed by atoms with van der Waals surface area (Å²) in [4.78, 5) is 6.03. The van der Waals surface area contributed by atoms with Gasteiger partial charge in [0.05, 0.1) is 12.6 Å². The number of hydrogen-bond donors (Lipinski definition) is 0. The van der Waals surface area contributed by atoms with Gasteiger partial charge < -0.3 is 4.74 Å². The molecule has 0 radical (unpaired) electrons. The lowest BCUT2D eigenvalue weighted by molar-refractivity contribution is -0.0146. The summed E-state index contributed by atoms with van der Waals surface area (Å²) < 4.78 is 5.84. The van der Waals surface area contributed by atoms with E-state index in [9.17, 15) is 0 Å². The van der Waals surface area contributed by atoms with E-state index in [1.165, 1.54) is 5.56 Å². The summed E-state index contributed by atoms with van der Waals surface area (Å²) in [5, 5.41) is 0. The average Bonchev–Trinajstić information content (AvgIpc) is 2.83. The van der Waals surface area contributed by atoms with Crippen LogP contribution < -0.4 is 0 Å².